The van der Waals surface area contributed by atoms with Gasteiger partial charge < -0.3 is 5.11 Å². The average Bonchev–Trinajstić information content (AvgIpc) is 2.83. The summed E-state index contributed by atoms with van der Waals surface area (Å²) in [6.07, 6.45) is 0.933. The minimum absolute atomic E-state index is 0.0265. The standard InChI is InChI=1S/C30H26BrFN2O2/c1-30(2)16-23-26(24(35)17-30)25(18-11-13-21(32)14-12-18)27(28(36)19-7-4-3-5-8-19)29(33)34(23)22-10-6-9-20(31)15-22/h3-15,25,33,36H,16-17H2,1-2H3/b28-27+,33-29?. The van der Waals surface area contributed by atoms with Gasteiger partial charge in [-0.3, -0.25) is 15.1 Å². The second-order valence-electron chi connectivity index (χ2n) is 10.1. The Morgan fingerprint density at radius 3 is 2.39 bits per heavy atom. The Balaban J connectivity index is 1.86. The number of aliphatic hydroxyl groups excluding tert-OH is 1. The summed E-state index contributed by atoms with van der Waals surface area (Å²) < 4.78 is 14.7. The zero-order chi connectivity index (χ0) is 25.6. The summed E-state index contributed by atoms with van der Waals surface area (Å²) in [5, 5.41) is 21.0. The SMILES string of the molecule is CC1(C)CC(=O)C2=C(C1)N(c1cccc(Br)c1)C(=N)/C(=C(/O)c1ccccc1)C2c1ccc(F)cc1. The number of nitrogens with one attached hydrogen (secondary N) is 1. The monoisotopic (exact) mass is 544 g/mol. The first-order valence-corrected chi connectivity index (χ1v) is 12.6. The van der Waals surface area contributed by atoms with Gasteiger partial charge in [-0.05, 0) is 47.7 Å². The van der Waals surface area contributed by atoms with Gasteiger partial charge in [0.05, 0.1) is 0 Å². The fraction of sp³-hybridized carbons (Fsp3) is 0.200. The van der Waals surface area contributed by atoms with Crippen LogP contribution in [0.3, 0.4) is 0 Å². The lowest BCUT2D eigenvalue weighted by atomic mass is 9.67. The van der Waals surface area contributed by atoms with Gasteiger partial charge in [-0.2, -0.15) is 0 Å². The zero-order valence-corrected chi connectivity index (χ0v) is 21.6. The molecule has 1 atom stereocenters. The molecule has 0 radical (unpaired) electrons. The lowest BCUT2D eigenvalue weighted by molar-refractivity contribution is -0.118. The molecular weight excluding hydrogens is 519 g/mol. The van der Waals surface area contributed by atoms with Crippen molar-refractivity contribution in [2.24, 2.45) is 5.41 Å². The summed E-state index contributed by atoms with van der Waals surface area (Å²) in [5.74, 6) is -1.09. The van der Waals surface area contributed by atoms with Crippen molar-refractivity contribution in [1.82, 2.24) is 0 Å². The van der Waals surface area contributed by atoms with E-state index in [0.717, 1.165) is 15.9 Å². The molecule has 0 amide bonds. The number of rotatable bonds is 3. The summed E-state index contributed by atoms with van der Waals surface area (Å²) >= 11 is 3.53. The first kappa shape index (κ1) is 24.2. The number of hydrogen-bond acceptors (Lipinski definition) is 3. The number of aliphatic hydroxyl groups is 1. The van der Waals surface area contributed by atoms with E-state index in [0.29, 0.717) is 35.1 Å². The Hall–Kier alpha value is -3.51. The van der Waals surface area contributed by atoms with E-state index in [1.807, 2.05) is 42.5 Å². The maximum Gasteiger partial charge on any atom is 0.162 e. The van der Waals surface area contributed by atoms with Crippen LogP contribution in [0.1, 0.15) is 43.7 Å². The lowest BCUT2D eigenvalue weighted by Crippen LogP contribution is -2.45. The summed E-state index contributed by atoms with van der Waals surface area (Å²) in [4.78, 5) is 15.6. The number of benzene rings is 3. The molecule has 182 valence electrons. The van der Waals surface area contributed by atoms with E-state index < -0.39 is 5.92 Å². The Bertz CT molecular complexity index is 1420. The van der Waals surface area contributed by atoms with Crippen LogP contribution in [0.25, 0.3) is 5.76 Å². The van der Waals surface area contributed by atoms with Crippen molar-refractivity contribution in [2.45, 2.75) is 32.6 Å². The van der Waals surface area contributed by atoms with Gasteiger partial charge in [-0.1, -0.05) is 78.3 Å². The summed E-state index contributed by atoms with van der Waals surface area (Å²) in [6.45, 7) is 4.11. The number of ketones is 1. The minimum atomic E-state index is -0.694. The molecule has 5 rings (SSSR count). The van der Waals surface area contributed by atoms with E-state index in [2.05, 4.69) is 29.8 Å². The van der Waals surface area contributed by atoms with Gasteiger partial charge in [-0.25, -0.2) is 4.39 Å². The second kappa shape index (κ2) is 9.17. The van der Waals surface area contributed by atoms with Gasteiger partial charge in [0, 0.05) is 44.9 Å². The smallest absolute Gasteiger partial charge is 0.162 e. The van der Waals surface area contributed by atoms with Gasteiger partial charge in [-0.15, -0.1) is 0 Å². The number of carbonyl (C=O) groups excluding carboxylic acids is 1. The number of anilines is 1. The highest BCUT2D eigenvalue weighted by molar-refractivity contribution is 9.10. The van der Waals surface area contributed by atoms with Gasteiger partial charge in [0.2, 0.25) is 0 Å². The van der Waals surface area contributed by atoms with Crippen molar-refractivity contribution < 1.29 is 14.3 Å². The molecule has 1 heterocycles. The van der Waals surface area contributed by atoms with Crippen molar-refractivity contribution in [3.8, 4) is 0 Å². The molecule has 0 saturated heterocycles. The third-order valence-corrected chi connectivity index (χ3v) is 7.29. The van der Waals surface area contributed by atoms with Crippen LogP contribution in [-0.2, 0) is 4.79 Å². The average molecular weight is 545 g/mol. The van der Waals surface area contributed by atoms with E-state index >= 15 is 0 Å². The van der Waals surface area contributed by atoms with Crippen molar-refractivity contribution in [2.75, 3.05) is 4.90 Å². The van der Waals surface area contributed by atoms with Crippen LogP contribution in [0.4, 0.5) is 10.1 Å². The van der Waals surface area contributed by atoms with Crippen LogP contribution in [0.15, 0.2) is 100 Å². The molecule has 2 N–H and O–H groups in total. The van der Waals surface area contributed by atoms with Crippen LogP contribution in [0, 0.1) is 16.6 Å². The molecule has 0 spiro atoms. The fourth-order valence-corrected chi connectivity index (χ4v) is 5.64. The van der Waals surface area contributed by atoms with Crippen molar-refractivity contribution in [3.63, 3.8) is 0 Å². The minimum Gasteiger partial charge on any atom is -0.507 e. The highest BCUT2D eigenvalue weighted by Crippen LogP contribution is 2.51. The van der Waals surface area contributed by atoms with Gasteiger partial charge in [0.15, 0.2) is 5.78 Å². The molecule has 0 saturated carbocycles. The van der Waals surface area contributed by atoms with E-state index in [1.165, 1.54) is 12.1 Å². The number of hydrogen-bond donors (Lipinski definition) is 2. The van der Waals surface area contributed by atoms with Gasteiger partial charge >= 0.3 is 0 Å². The molecule has 1 unspecified atom stereocenters. The largest absolute Gasteiger partial charge is 0.507 e. The quantitative estimate of drug-likeness (QED) is 0.331. The van der Waals surface area contributed by atoms with Gasteiger partial charge in [0.25, 0.3) is 0 Å². The number of allylic oxidation sites excluding steroid dienone is 2. The predicted molar refractivity (Wildman–Crippen MR) is 145 cm³/mol. The predicted octanol–water partition coefficient (Wildman–Crippen LogP) is 7.78. The van der Waals surface area contributed by atoms with E-state index in [1.54, 1.807) is 29.2 Å². The molecule has 4 nitrogen and oxygen atoms in total. The number of amidine groups is 1. The molecule has 1 aliphatic heterocycles. The first-order valence-electron chi connectivity index (χ1n) is 11.8. The molecule has 0 aromatic heterocycles. The first-order chi connectivity index (χ1) is 17.2. The van der Waals surface area contributed by atoms with Crippen molar-refractivity contribution >= 4 is 39.0 Å². The molecule has 36 heavy (non-hydrogen) atoms. The lowest BCUT2D eigenvalue weighted by Gasteiger charge is -2.45. The highest BCUT2D eigenvalue weighted by atomic mass is 79.9. The van der Waals surface area contributed by atoms with Crippen molar-refractivity contribution in [1.29, 1.82) is 5.41 Å². The van der Waals surface area contributed by atoms with Crippen LogP contribution in [-0.4, -0.2) is 16.7 Å². The van der Waals surface area contributed by atoms with Crippen LogP contribution in [0.5, 0.6) is 0 Å². The zero-order valence-electron chi connectivity index (χ0n) is 20.1. The maximum absolute atomic E-state index is 13.9. The molecular formula is C30H26BrFN2O2. The Morgan fingerprint density at radius 1 is 1.03 bits per heavy atom. The molecule has 0 fully saturated rings. The van der Waals surface area contributed by atoms with Crippen LogP contribution >= 0.6 is 15.9 Å². The Morgan fingerprint density at radius 2 is 1.72 bits per heavy atom. The fourth-order valence-electron chi connectivity index (χ4n) is 5.25. The number of halogens is 2. The third kappa shape index (κ3) is 4.30. The number of Topliss-reactive ketones (excluding diaryl/α,β-unsaturated/α-hetero) is 1. The Kier molecular flexibility index (Phi) is 6.17. The van der Waals surface area contributed by atoms with E-state index in [4.69, 9.17) is 0 Å². The molecule has 6 heteroatoms. The third-order valence-electron chi connectivity index (χ3n) is 6.79. The number of nitrogens with zero attached hydrogens (tertiary/aromatic N) is 1. The van der Waals surface area contributed by atoms with Crippen LogP contribution in [0.2, 0.25) is 0 Å². The maximum atomic E-state index is 13.9. The Labute approximate surface area is 218 Å². The summed E-state index contributed by atoms with van der Waals surface area (Å²) in [6, 6.07) is 22.6. The molecule has 0 bridgehead atoms. The summed E-state index contributed by atoms with van der Waals surface area (Å²) in [5.41, 5.74) is 3.26. The summed E-state index contributed by atoms with van der Waals surface area (Å²) in [7, 11) is 0. The topological polar surface area (TPSA) is 64.4 Å². The highest BCUT2D eigenvalue weighted by Gasteiger charge is 2.46. The van der Waals surface area contributed by atoms with E-state index in [9.17, 15) is 19.7 Å². The van der Waals surface area contributed by atoms with Crippen LogP contribution < -0.4 is 4.90 Å². The molecule has 1 aliphatic carbocycles. The normalized spacial score (nSPS) is 20.9. The molecule has 3 aromatic carbocycles. The molecule has 3 aromatic rings. The van der Waals surface area contributed by atoms with Crippen molar-refractivity contribution in [3.05, 3.63) is 117 Å². The van der Waals surface area contributed by atoms with Gasteiger partial charge in [0.1, 0.15) is 17.4 Å². The molecule has 2 aliphatic rings. The van der Waals surface area contributed by atoms with E-state index in [-0.39, 0.29) is 28.6 Å². The number of carbonyl (C=O) groups is 1. The second-order valence-corrected chi connectivity index (χ2v) is 11.0.